The smallest absolute Gasteiger partial charge is 0.275 e. The molecule has 1 amide bonds. The number of rotatable bonds is 4. The topological polar surface area (TPSA) is 83.6 Å². The lowest BCUT2D eigenvalue weighted by atomic mass is 9.97. The molecule has 0 bridgehead atoms. The van der Waals surface area contributed by atoms with Crippen LogP contribution in [0.2, 0.25) is 10.0 Å². The maximum atomic E-state index is 14.0. The third kappa shape index (κ3) is 4.44. The van der Waals surface area contributed by atoms with Gasteiger partial charge in [-0.05, 0) is 44.2 Å². The molecule has 0 atom stereocenters. The minimum Gasteiger partial charge on any atom is -0.496 e. The normalized spacial score (nSPS) is 15.9. The van der Waals surface area contributed by atoms with Crippen LogP contribution in [0.4, 0.5) is 0 Å². The molecule has 4 heterocycles. The molecule has 2 aromatic heterocycles. The lowest BCUT2D eigenvalue weighted by molar-refractivity contribution is -0.0374. The van der Waals surface area contributed by atoms with Crippen LogP contribution < -0.4 is 9.47 Å². The number of methoxy groups -OCH3 is 1. The SMILES string of the molecule is COc1cc2c(cc1-c1ccn(C)n1)-c1c(c(C(=O)N3CCOCC3(C)C)nn1-c1cc(Cl)cc(Cl)c1)CO2. The van der Waals surface area contributed by atoms with Crippen LogP contribution in [0, 0.1) is 0 Å². The van der Waals surface area contributed by atoms with Gasteiger partial charge in [-0.1, -0.05) is 23.2 Å². The number of fused-ring (bicyclic) bond motifs is 3. The summed E-state index contributed by atoms with van der Waals surface area (Å²) < 4.78 is 21.0. The van der Waals surface area contributed by atoms with E-state index in [1.165, 1.54) is 0 Å². The van der Waals surface area contributed by atoms with Crippen LogP contribution in [0.3, 0.4) is 0 Å². The molecule has 1 fully saturated rings. The number of nitrogens with zero attached hydrogens (tertiary/aromatic N) is 5. The Balaban J connectivity index is 1.59. The first-order valence-electron chi connectivity index (χ1n) is 12.5. The Kier molecular flexibility index (Phi) is 6.32. The van der Waals surface area contributed by atoms with Crippen molar-refractivity contribution in [1.82, 2.24) is 24.5 Å². The minimum atomic E-state index is -0.488. The van der Waals surface area contributed by atoms with Crippen LogP contribution in [0.1, 0.15) is 29.9 Å². The first-order chi connectivity index (χ1) is 18.7. The van der Waals surface area contributed by atoms with E-state index in [1.807, 2.05) is 50.2 Å². The maximum Gasteiger partial charge on any atom is 0.275 e. The number of hydrogen-bond donors (Lipinski definition) is 0. The molecular formula is C28H27Cl2N5O4. The largest absolute Gasteiger partial charge is 0.496 e. The van der Waals surface area contributed by atoms with Crippen molar-refractivity contribution in [3.05, 3.63) is 63.9 Å². The van der Waals surface area contributed by atoms with E-state index in [0.717, 1.165) is 22.5 Å². The molecule has 39 heavy (non-hydrogen) atoms. The highest BCUT2D eigenvalue weighted by atomic mass is 35.5. The molecule has 0 radical (unpaired) electrons. The van der Waals surface area contributed by atoms with Crippen molar-refractivity contribution in [2.24, 2.45) is 7.05 Å². The van der Waals surface area contributed by atoms with Gasteiger partial charge in [0, 0.05) is 52.6 Å². The van der Waals surface area contributed by atoms with Gasteiger partial charge in [0.1, 0.15) is 18.1 Å². The number of hydrogen-bond acceptors (Lipinski definition) is 6. The Morgan fingerprint density at radius 2 is 1.85 bits per heavy atom. The van der Waals surface area contributed by atoms with Crippen LogP contribution >= 0.6 is 23.2 Å². The van der Waals surface area contributed by atoms with Crippen molar-refractivity contribution in [3.8, 4) is 39.7 Å². The Morgan fingerprint density at radius 3 is 2.51 bits per heavy atom. The average molecular weight is 568 g/mol. The summed E-state index contributed by atoms with van der Waals surface area (Å²) in [4.78, 5) is 15.8. The van der Waals surface area contributed by atoms with Crippen LogP contribution in [0.25, 0.3) is 28.2 Å². The predicted molar refractivity (Wildman–Crippen MR) is 148 cm³/mol. The van der Waals surface area contributed by atoms with Crippen molar-refractivity contribution in [1.29, 1.82) is 0 Å². The van der Waals surface area contributed by atoms with E-state index in [9.17, 15) is 4.79 Å². The Bertz CT molecular complexity index is 1590. The summed E-state index contributed by atoms with van der Waals surface area (Å²) in [5.74, 6) is 1.05. The van der Waals surface area contributed by atoms with Gasteiger partial charge in [-0.3, -0.25) is 9.48 Å². The molecule has 4 aromatic rings. The third-order valence-electron chi connectivity index (χ3n) is 7.09. The summed E-state index contributed by atoms with van der Waals surface area (Å²) in [6, 6.07) is 10.9. The second-order valence-electron chi connectivity index (χ2n) is 10.2. The van der Waals surface area contributed by atoms with Crippen molar-refractivity contribution in [2.45, 2.75) is 26.0 Å². The minimum absolute atomic E-state index is 0.161. The molecule has 0 saturated carbocycles. The molecule has 6 rings (SSSR count). The number of aromatic nitrogens is 4. The van der Waals surface area contributed by atoms with Crippen molar-refractivity contribution < 1.29 is 19.0 Å². The molecular weight excluding hydrogens is 541 g/mol. The zero-order valence-corrected chi connectivity index (χ0v) is 23.5. The van der Waals surface area contributed by atoms with E-state index in [1.54, 1.807) is 34.7 Å². The van der Waals surface area contributed by atoms with Gasteiger partial charge in [0.15, 0.2) is 5.69 Å². The van der Waals surface area contributed by atoms with Crippen molar-refractivity contribution in [2.75, 3.05) is 26.9 Å². The second-order valence-corrected chi connectivity index (χ2v) is 11.1. The second kappa shape index (κ2) is 9.59. The Labute approximate surface area is 235 Å². The van der Waals surface area contributed by atoms with Crippen molar-refractivity contribution in [3.63, 3.8) is 0 Å². The molecule has 1 saturated heterocycles. The fraction of sp³-hybridized carbons (Fsp3) is 0.321. The monoisotopic (exact) mass is 567 g/mol. The van der Waals surface area contributed by atoms with Crippen LogP contribution in [0.5, 0.6) is 11.5 Å². The van der Waals surface area contributed by atoms with Gasteiger partial charge in [0.25, 0.3) is 5.91 Å². The molecule has 2 aromatic carbocycles. The molecule has 9 nitrogen and oxygen atoms in total. The molecule has 0 spiro atoms. The maximum absolute atomic E-state index is 14.0. The zero-order chi connectivity index (χ0) is 27.5. The number of carbonyl (C=O) groups is 1. The highest BCUT2D eigenvalue weighted by Gasteiger charge is 2.39. The summed E-state index contributed by atoms with van der Waals surface area (Å²) in [5, 5.41) is 10.4. The van der Waals surface area contributed by atoms with Crippen LogP contribution in [0.15, 0.2) is 42.6 Å². The van der Waals surface area contributed by atoms with Gasteiger partial charge in [-0.15, -0.1) is 0 Å². The summed E-state index contributed by atoms with van der Waals surface area (Å²) in [6.45, 7) is 5.51. The van der Waals surface area contributed by atoms with Gasteiger partial charge in [-0.2, -0.15) is 10.2 Å². The number of aryl methyl sites for hydroxylation is 1. The van der Waals surface area contributed by atoms with Gasteiger partial charge >= 0.3 is 0 Å². The molecule has 2 aliphatic rings. The van der Waals surface area contributed by atoms with E-state index in [4.69, 9.17) is 42.5 Å². The predicted octanol–water partition coefficient (Wildman–Crippen LogP) is 5.40. The molecule has 0 N–H and O–H groups in total. The van der Waals surface area contributed by atoms with E-state index >= 15 is 0 Å². The van der Waals surface area contributed by atoms with Gasteiger partial charge in [0.2, 0.25) is 0 Å². The number of morpholine rings is 1. The number of benzene rings is 2. The first kappa shape index (κ1) is 25.7. The molecule has 202 valence electrons. The Morgan fingerprint density at radius 1 is 1.08 bits per heavy atom. The Hall–Kier alpha value is -3.53. The quantitative estimate of drug-likeness (QED) is 0.328. The van der Waals surface area contributed by atoms with Crippen molar-refractivity contribution >= 4 is 29.1 Å². The van der Waals surface area contributed by atoms with Crippen LogP contribution in [-0.4, -0.2) is 62.8 Å². The highest BCUT2D eigenvalue weighted by molar-refractivity contribution is 6.34. The molecule has 11 heteroatoms. The van der Waals surface area contributed by atoms with E-state index < -0.39 is 5.54 Å². The molecule has 2 aliphatic heterocycles. The van der Waals surface area contributed by atoms with Crippen LogP contribution in [-0.2, 0) is 18.4 Å². The summed E-state index contributed by atoms with van der Waals surface area (Å²) in [7, 11) is 3.47. The molecule has 0 aliphatic carbocycles. The highest BCUT2D eigenvalue weighted by Crippen LogP contribution is 2.46. The fourth-order valence-electron chi connectivity index (χ4n) is 5.19. The van der Waals surface area contributed by atoms with Gasteiger partial charge < -0.3 is 19.1 Å². The first-order valence-corrected chi connectivity index (χ1v) is 13.2. The van der Waals surface area contributed by atoms with Gasteiger partial charge in [-0.25, -0.2) is 4.68 Å². The lowest BCUT2D eigenvalue weighted by Crippen LogP contribution is -2.55. The number of ether oxygens (including phenoxy) is 3. The van der Waals surface area contributed by atoms with Gasteiger partial charge in [0.05, 0.1) is 42.9 Å². The van der Waals surface area contributed by atoms with E-state index in [0.29, 0.717) is 58.2 Å². The fourth-order valence-corrected chi connectivity index (χ4v) is 5.70. The summed E-state index contributed by atoms with van der Waals surface area (Å²) in [6.07, 6.45) is 1.87. The summed E-state index contributed by atoms with van der Waals surface area (Å²) >= 11 is 12.8. The zero-order valence-electron chi connectivity index (χ0n) is 22.0. The standard InChI is InChI=1S/C28H27Cl2N5O4/c1-28(2)15-38-8-7-34(28)27(36)25-21-14-39-24-13-23(37-4)19(22-5-6-33(3)31-22)12-20(24)26(21)35(32-25)18-10-16(29)9-17(30)11-18/h5-6,9-13H,7-8,14-15H2,1-4H3. The van der Waals surface area contributed by atoms with E-state index in [-0.39, 0.29) is 12.5 Å². The number of halogens is 2. The van der Waals surface area contributed by atoms with E-state index in [2.05, 4.69) is 5.10 Å². The number of amides is 1. The third-order valence-corrected chi connectivity index (χ3v) is 7.52. The summed E-state index contributed by atoms with van der Waals surface area (Å²) in [5.41, 5.74) is 4.15. The number of carbonyl (C=O) groups excluding carboxylic acids is 1. The molecule has 0 unspecified atom stereocenters. The lowest BCUT2D eigenvalue weighted by Gasteiger charge is -2.41. The average Bonchev–Trinajstić information content (AvgIpc) is 3.50.